The standard InChI is InChI=1S/C16H17BrO/c17-16(14-8-9-18-11-14)10-13-6-3-5-12-4-1-2-7-15(12)13/h1-7,14,16H,8-11H2. The SMILES string of the molecule is BrC(Cc1cccc2ccccc12)C1CCOC1. The van der Waals surface area contributed by atoms with Gasteiger partial charge in [-0.3, -0.25) is 0 Å². The first-order valence-electron chi connectivity index (χ1n) is 6.53. The van der Waals surface area contributed by atoms with Crippen LogP contribution < -0.4 is 0 Å². The maximum atomic E-state index is 5.47. The van der Waals surface area contributed by atoms with Crippen LogP contribution in [0.5, 0.6) is 0 Å². The van der Waals surface area contributed by atoms with Crippen molar-refractivity contribution in [2.75, 3.05) is 13.2 Å². The first-order chi connectivity index (χ1) is 8.84. The molecule has 1 heterocycles. The number of hydrogen-bond donors (Lipinski definition) is 0. The molecule has 0 spiro atoms. The molecule has 1 aliphatic heterocycles. The van der Waals surface area contributed by atoms with E-state index >= 15 is 0 Å². The molecule has 2 heteroatoms. The number of benzene rings is 2. The van der Waals surface area contributed by atoms with Gasteiger partial charge in [0, 0.05) is 11.4 Å². The number of fused-ring (bicyclic) bond motifs is 1. The number of halogens is 1. The number of alkyl halides is 1. The van der Waals surface area contributed by atoms with Gasteiger partial charge >= 0.3 is 0 Å². The van der Waals surface area contributed by atoms with E-state index in [0.717, 1.165) is 19.6 Å². The first-order valence-corrected chi connectivity index (χ1v) is 7.44. The Hall–Kier alpha value is -0.860. The fourth-order valence-electron chi connectivity index (χ4n) is 2.69. The van der Waals surface area contributed by atoms with Crippen molar-refractivity contribution in [2.24, 2.45) is 5.92 Å². The Morgan fingerprint density at radius 2 is 2.00 bits per heavy atom. The van der Waals surface area contributed by atoms with Gasteiger partial charge < -0.3 is 4.74 Å². The highest BCUT2D eigenvalue weighted by Gasteiger charge is 2.24. The van der Waals surface area contributed by atoms with Gasteiger partial charge in [-0.25, -0.2) is 0 Å². The molecule has 3 rings (SSSR count). The van der Waals surface area contributed by atoms with Crippen LogP contribution in [0, 0.1) is 5.92 Å². The van der Waals surface area contributed by atoms with Gasteiger partial charge in [-0.2, -0.15) is 0 Å². The van der Waals surface area contributed by atoms with Gasteiger partial charge in [0.2, 0.25) is 0 Å². The quantitative estimate of drug-likeness (QED) is 0.773. The number of hydrogen-bond acceptors (Lipinski definition) is 1. The lowest BCUT2D eigenvalue weighted by atomic mass is 9.95. The van der Waals surface area contributed by atoms with Gasteiger partial charge in [-0.1, -0.05) is 58.4 Å². The van der Waals surface area contributed by atoms with Gasteiger partial charge in [0.25, 0.3) is 0 Å². The summed E-state index contributed by atoms with van der Waals surface area (Å²) < 4.78 is 5.47. The van der Waals surface area contributed by atoms with E-state index in [0.29, 0.717) is 10.7 Å². The number of ether oxygens (including phenoxy) is 1. The van der Waals surface area contributed by atoms with Gasteiger partial charge in [-0.05, 0) is 35.1 Å². The van der Waals surface area contributed by atoms with E-state index in [2.05, 4.69) is 58.4 Å². The molecule has 0 radical (unpaired) electrons. The molecular formula is C16H17BrO. The van der Waals surface area contributed by atoms with Crippen molar-refractivity contribution in [1.29, 1.82) is 0 Å². The van der Waals surface area contributed by atoms with Crippen molar-refractivity contribution in [3.8, 4) is 0 Å². The van der Waals surface area contributed by atoms with Crippen LogP contribution in [0.2, 0.25) is 0 Å². The molecule has 0 bridgehead atoms. The van der Waals surface area contributed by atoms with E-state index in [1.165, 1.54) is 22.8 Å². The highest BCUT2D eigenvalue weighted by atomic mass is 79.9. The summed E-state index contributed by atoms with van der Waals surface area (Å²) >= 11 is 3.85. The molecule has 2 unspecified atom stereocenters. The van der Waals surface area contributed by atoms with Crippen molar-refractivity contribution >= 4 is 26.7 Å². The molecule has 2 atom stereocenters. The second-order valence-corrected chi connectivity index (χ2v) is 6.16. The zero-order valence-electron chi connectivity index (χ0n) is 10.3. The van der Waals surface area contributed by atoms with Gasteiger partial charge in [0.1, 0.15) is 0 Å². The molecule has 0 aromatic heterocycles. The minimum atomic E-state index is 0.519. The van der Waals surface area contributed by atoms with Crippen LogP contribution in [0.15, 0.2) is 42.5 Å². The molecule has 94 valence electrons. The third-order valence-corrected chi connectivity index (χ3v) is 4.84. The highest BCUT2D eigenvalue weighted by Crippen LogP contribution is 2.28. The van der Waals surface area contributed by atoms with Crippen LogP contribution in [0.25, 0.3) is 10.8 Å². The lowest BCUT2D eigenvalue weighted by Crippen LogP contribution is -2.17. The van der Waals surface area contributed by atoms with Crippen LogP contribution >= 0.6 is 15.9 Å². The summed E-state index contributed by atoms with van der Waals surface area (Å²) in [5.41, 5.74) is 1.43. The summed E-state index contributed by atoms with van der Waals surface area (Å²) in [6.07, 6.45) is 2.26. The molecule has 1 aliphatic rings. The van der Waals surface area contributed by atoms with E-state index in [-0.39, 0.29) is 0 Å². The van der Waals surface area contributed by atoms with Crippen molar-refractivity contribution in [2.45, 2.75) is 17.7 Å². The second kappa shape index (κ2) is 5.41. The zero-order chi connectivity index (χ0) is 12.4. The van der Waals surface area contributed by atoms with Crippen LogP contribution in [0.3, 0.4) is 0 Å². The molecular weight excluding hydrogens is 288 g/mol. The largest absolute Gasteiger partial charge is 0.381 e. The van der Waals surface area contributed by atoms with E-state index in [1.54, 1.807) is 0 Å². The Labute approximate surface area is 116 Å². The normalized spacial score (nSPS) is 21.3. The predicted octanol–water partition coefficient (Wildman–Crippen LogP) is 4.18. The van der Waals surface area contributed by atoms with Crippen LogP contribution in [-0.4, -0.2) is 18.0 Å². The third-order valence-electron chi connectivity index (χ3n) is 3.77. The Morgan fingerprint density at radius 1 is 1.17 bits per heavy atom. The van der Waals surface area contributed by atoms with Crippen LogP contribution in [0.4, 0.5) is 0 Å². The summed E-state index contributed by atoms with van der Waals surface area (Å²) in [4.78, 5) is 0.519. The lowest BCUT2D eigenvalue weighted by molar-refractivity contribution is 0.185. The van der Waals surface area contributed by atoms with Crippen molar-refractivity contribution < 1.29 is 4.74 Å². The summed E-state index contributed by atoms with van der Waals surface area (Å²) in [6, 6.07) is 15.2. The van der Waals surface area contributed by atoms with Crippen molar-refractivity contribution in [1.82, 2.24) is 0 Å². The average molecular weight is 305 g/mol. The molecule has 0 N–H and O–H groups in total. The predicted molar refractivity (Wildman–Crippen MR) is 79.3 cm³/mol. The van der Waals surface area contributed by atoms with E-state index in [9.17, 15) is 0 Å². The smallest absolute Gasteiger partial charge is 0.0505 e. The third kappa shape index (κ3) is 2.45. The maximum Gasteiger partial charge on any atom is 0.0505 e. The molecule has 0 aliphatic carbocycles. The Bertz CT molecular complexity index is 526. The molecule has 1 fully saturated rings. The molecule has 1 nitrogen and oxygen atoms in total. The molecule has 1 saturated heterocycles. The molecule has 2 aromatic rings. The van der Waals surface area contributed by atoms with Gasteiger partial charge in [0.05, 0.1) is 6.61 Å². The Kier molecular flexibility index (Phi) is 3.67. The van der Waals surface area contributed by atoms with Crippen LogP contribution in [-0.2, 0) is 11.2 Å². The fraction of sp³-hybridized carbons (Fsp3) is 0.375. The Morgan fingerprint density at radius 3 is 2.83 bits per heavy atom. The van der Waals surface area contributed by atoms with E-state index in [1.807, 2.05) is 0 Å². The maximum absolute atomic E-state index is 5.47. The summed E-state index contributed by atoms with van der Waals surface area (Å²) in [5.74, 6) is 0.656. The lowest BCUT2D eigenvalue weighted by Gasteiger charge is -2.17. The monoisotopic (exact) mass is 304 g/mol. The fourth-order valence-corrected chi connectivity index (χ4v) is 3.45. The molecule has 0 amide bonds. The first kappa shape index (κ1) is 12.2. The molecule has 18 heavy (non-hydrogen) atoms. The zero-order valence-corrected chi connectivity index (χ0v) is 11.9. The number of rotatable bonds is 3. The topological polar surface area (TPSA) is 9.23 Å². The van der Waals surface area contributed by atoms with Gasteiger partial charge in [0.15, 0.2) is 0 Å². The molecule has 2 aromatic carbocycles. The average Bonchev–Trinajstić information content (AvgIpc) is 2.93. The van der Waals surface area contributed by atoms with Crippen LogP contribution in [0.1, 0.15) is 12.0 Å². The summed E-state index contributed by atoms with van der Waals surface area (Å²) in [6.45, 7) is 1.82. The molecule has 0 saturated carbocycles. The van der Waals surface area contributed by atoms with E-state index < -0.39 is 0 Å². The highest BCUT2D eigenvalue weighted by molar-refractivity contribution is 9.09. The Balaban J connectivity index is 1.85. The minimum absolute atomic E-state index is 0.519. The van der Waals surface area contributed by atoms with Crippen molar-refractivity contribution in [3.05, 3.63) is 48.0 Å². The minimum Gasteiger partial charge on any atom is -0.381 e. The van der Waals surface area contributed by atoms with Crippen molar-refractivity contribution in [3.63, 3.8) is 0 Å². The summed E-state index contributed by atoms with van der Waals surface area (Å²) in [7, 11) is 0. The van der Waals surface area contributed by atoms with Gasteiger partial charge in [-0.15, -0.1) is 0 Å². The summed E-state index contributed by atoms with van der Waals surface area (Å²) in [5, 5.41) is 2.71. The second-order valence-electron chi connectivity index (χ2n) is 4.98. The van der Waals surface area contributed by atoms with E-state index in [4.69, 9.17) is 4.74 Å².